The summed E-state index contributed by atoms with van der Waals surface area (Å²) in [6.45, 7) is 0. The van der Waals surface area contributed by atoms with Gasteiger partial charge in [-0.1, -0.05) is 30.0 Å². The van der Waals surface area contributed by atoms with Crippen LogP contribution in [-0.2, 0) is 4.79 Å². The van der Waals surface area contributed by atoms with E-state index in [1.165, 1.54) is 4.57 Å². The van der Waals surface area contributed by atoms with Gasteiger partial charge in [0.15, 0.2) is 10.3 Å². The van der Waals surface area contributed by atoms with E-state index in [0.717, 1.165) is 15.3 Å². The molecule has 0 aliphatic carbocycles. The third kappa shape index (κ3) is 4.76. The number of amides is 1. The molecule has 0 spiro atoms. The molecule has 3 aromatic rings. The van der Waals surface area contributed by atoms with E-state index in [9.17, 15) is 9.59 Å². The van der Waals surface area contributed by atoms with E-state index in [1.54, 1.807) is 12.1 Å². The lowest BCUT2D eigenvalue weighted by molar-refractivity contribution is -0.119. The van der Waals surface area contributed by atoms with Crippen LogP contribution in [0.1, 0.15) is 0 Å². The largest absolute Gasteiger partial charge is 0.375 e. The molecule has 0 aliphatic rings. The van der Waals surface area contributed by atoms with Crippen molar-refractivity contribution in [1.82, 2.24) is 20.4 Å². The normalized spacial score (nSPS) is 10.6. The first kappa shape index (κ1) is 19.6. The average Bonchev–Trinajstić information content (AvgIpc) is 2.66. The lowest BCUT2D eigenvalue weighted by Crippen LogP contribution is -2.45. The maximum Gasteiger partial charge on any atom is 0.266 e. The number of nitrogens with one attached hydrogen (secondary N) is 2. The van der Waals surface area contributed by atoms with Crippen LogP contribution >= 0.6 is 46.6 Å². The molecule has 0 aliphatic heterocycles. The summed E-state index contributed by atoms with van der Waals surface area (Å²) < 4.78 is 2.46. The van der Waals surface area contributed by atoms with Gasteiger partial charge < -0.3 is 5.73 Å². The van der Waals surface area contributed by atoms with Crippen LogP contribution in [0.15, 0.2) is 58.5 Å². The first-order valence-electron chi connectivity index (χ1n) is 7.70. The summed E-state index contributed by atoms with van der Waals surface area (Å²) in [5, 5.41) is 0.910. The Morgan fingerprint density at radius 3 is 2.67 bits per heavy atom. The van der Waals surface area contributed by atoms with E-state index in [4.69, 9.17) is 5.73 Å². The van der Waals surface area contributed by atoms with Gasteiger partial charge in [-0.05, 0) is 65.1 Å². The summed E-state index contributed by atoms with van der Waals surface area (Å²) in [5.41, 5.74) is 11.1. The molecule has 7 nitrogen and oxygen atoms in total. The second-order valence-electron chi connectivity index (χ2n) is 5.36. The van der Waals surface area contributed by atoms with Crippen LogP contribution in [0, 0.1) is 3.57 Å². The maximum atomic E-state index is 13.1. The van der Waals surface area contributed by atoms with Crippen molar-refractivity contribution in [3.63, 3.8) is 0 Å². The summed E-state index contributed by atoms with van der Waals surface area (Å²) in [6, 6.07) is 14.7. The zero-order valence-electron chi connectivity index (χ0n) is 13.8. The molecule has 27 heavy (non-hydrogen) atoms. The van der Waals surface area contributed by atoms with Crippen molar-refractivity contribution >= 4 is 68.5 Å². The fourth-order valence-electron chi connectivity index (χ4n) is 2.34. The van der Waals surface area contributed by atoms with E-state index in [2.05, 4.69) is 50.6 Å². The minimum atomic E-state index is -0.343. The fraction of sp³-hybridized carbons (Fsp3) is 0.0588. The highest BCUT2D eigenvalue weighted by atomic mass is 127. The van der Waals surface area contributed by atoms with Crippen LogP contribution in [0.4, 0.5) is 0 Å². The second kappa shape index (κ2) is 8.67. The number of fused-ring (bicyclic) bond motifs is 1. The van der Waals surface area contributed by atoms with Gasteiger partial charge in [-0.2, -0.15) is 0 Å². The van der Waals surface area contributed by atoms with E-state index in [0.29, 0.717) is 21.7 Å². The molecular weight excluding hydrogens is 497 g/mol. The van der Waals surface area contributed by atoms with Gasteiger partial charge in [0.05, 0.1) is 22.3 Å². The van der Waals surface area contributed by atoms with Crippen LogP contribution < -0.4 is 22.1 Å². The first-order chi connectivity index (χ1) is 13.0. The van der Waals surface area contributed by atoms with Crippen LogP contribution in [-0.4, -0.2) is 26.3 Å². The topological polar surface area (TPSA) is 102 Å². The Balaban J connectivity index is 2.02. The molecule has 0 radical (unpaired) electrons. The van der Waals surface area contributed by atoms with E-state index < -0.39 is 0 Å². The highest BCUT2D eigenvalue weighted by Gasteiger charge is 2.15. The van der Waals surface area contributed by atoms with Crippen molar-refractivity contribution in [3.05, 3.63) is 62.5 Å². The monoisotopic (exact) mass is 511 g/mol. The number of hydrogen-bond acceptors (Lipinski definition) is 5. The lowest BCUT2D eigenvalue weighted by atomic mass is 10.2. The first-order valence-corrected chi connectivity index (χ1v) is 10.2. The number of halogens is 1. The number of thioether (sulfide) groups is 1. The summed E-state index contributed by atoms with van der Waals surface area (Å²) in [6.07, 6.45) is 0. The Kier molecular flexibility index (Phi) is 6.29. The smallest absolute Gasteiger partial charge is 0.266 e. The molecule has 0 fully saturated rings. The van der Waals surface area contributed by atoms with Gasteiger partial charge in [-0.15, -0.1) is 0 Å². The third-order valence-corrected chi connectivity index (χ3v) is 5.18. The van der Waals surface area contributed by atoms with Gasteiger partial charge in [0, 0.05) is 3.57 Å². The molecule has 1 heterocycles. The van der Waals surface area contributed by atoms with Gasteiger partial charge >= 0.3 is 0 Å². The van der Waals surface area contributed by atoms with E-state index >= 15 is 0 Å². The molecule has 138 valence electrons. The molecule has 0 unspecified atom stereocenters. The van der Waals surface area contributed by atoms with Crippen LogP contribution in [0.2, 0.25) is 0 Å². The molecule has 1 amide bonds. The quantitative estimate of drug-likeness (QED) is 0.162. The Bertz CT molecular complexity index is 1070. The molecule has 10 heteroatoms. The number of benzene rings is 2. The van der Waals surface area contributed by atoms with Gasteiger partial charge in [0.1, 0.15) is 0 Å². The maximum absolute atomic E-state index is 13.1. The predicted molar refractivity (Wildman–Crippen MR) is 119 cm³/mol. The molecule has 1 aromatic heterocycles. The van der Waals surface area contributed by atoms with Gasteiger partial charge in [0.2, 0.25) is 5.91 Å². The summed E-state index contributed by atoms with van der Waals surface area (Å²) in [4.78, 5) is 29.6. The van der Waals surface area contributed by atoms with Gasteiger partial charge in [0.25, 0.3) is 5.56 Å². The molecule has 3 rings (SSSR count). The Labute approximate surface area is 177 Å². The Morgan fingerprint density at radius 1 is 1.22 bits per heavy atom. The minimum Gasteiger partial charge on any atom is -0.375 e. The zero-order chi connectivity index (χ0) is 19.4. The van der Waals surface area contributed by atoms with Gasteiger partial charge in [-0.3, -0.25) is 25.0 Å². The standard InChI is InChI=1S/C17H14IN5O2S2/c18-10-6-7-13-12(8-10)15(25)23(11-4-2-1-3-5-11)17(20-13)27-9-14(24)21-22-16(19)26/h1-8H,9H2,(H,21,24)(H3,19,22,26). The Hall–Kier alpha value is -2.18. The lowest BCUT2D eigenvalue weighted by Gasteiger charge is -2.13. The van der Waals surface area contributed by atoms with Crippen LogP contribution in [0.5, 0.6) is 0 Å². The van der Waals surface area contributed by atoms with Crippen molar-refractivity contribution in [2.24, 2.45) is 5.73 Å². The predicted octanol–water partition coefficient (Wildman–Crippen LogP) is 1.95. The average molecular weight is 511 g/mol. The number of para-hydroxylation sites is 1. The number of hydrogen-bond donors (Lipinski definition) is 3. The number of aromatic nitrogens is 2. The van der Waals surface area contributed by atoms with Crippen molar-refractivity contribution in [1.29, 1.82) is 0 Å². The number of nitrogens with zero attached hydrogens (tertiary/aromatic N) is 2. The molecule has 0 saturated carbocycles. The highest BCUT2D eigenvalue weighted by molar-refractivity contribution is 14.1. The van der Waals surface area contributed by atoms with Crippen molar-refractivity contribution in [2.75, 3.05) is 5.75 Å². The van der Waals surface area contributed by atoms with E-state index in [1.807, 2.05) is 36.4 Å². The van der Waals surface area contributed by atoms with Gasteiger partial charge in [-0.25, -0.2) is 4.98 Å². The van der Waals surface area contributed by atoms with Crippen molar-refractivity contribution in [3.8, 4) is 5.69 Å². The summed E-state index contributed by atoms with van der Waals surface area (Å²) in [7, 11) is 0. The highest BCUT2D eigenvalue weighted by Crippen LogP contribution is 2.22. The van der Waals surface area contributed by atoms with E-state index in [-0.39, 0.29) is 22.3 Å². The fourth-order valence-corrected chi connectivity index (χ4v) is 3.69. The van der Waals surface area contributed by atoms with Crippen LogP contribution in [0.25, 0.3) is 16.6 Å². The van der Waals surface area contributed by atoms with Crippen molar-refractivity contribution in [2.45, 2.75) is 5.16 Å². The summed E-state index contributed by atoms with van der Waals surface area (Å²) in [5.74, 6) is -0.311. The molecule has 0 atom stereocenters. The van der Waals surface area contributed by atoms with Crippen LogP contribution in [0.3, 0.4) is 0 Å². The zero-order valence-corrected chi connectivity index (χ0v) is 17.6. The molecule has 2 aromatic carbocycles. The Morgan fingerprint density at radius 2 is 1.96 bits per heavy atom. The summed E-state index contributed by atoms with van der Waals surface area (Å²) >= 11 is 7.95. The number of rotatable bonds is 4. The molecule has 0 saturated heterocycles. The molecule has 0 bridgehead atoms. The molecule has 4 N–H and O–H groups in total. The SMILES string of the molecule is NC(=S)NNC(=O)CSc1nc2ccc(I)cc2c(=O)n1-c1ccccc1. The number of carbonyl (C=O) groups excluding carboxylic acids is 1. The van der Waals surface area contributed by atoms with Crippen molar-refractivity contribution < 1.29 is 4.79 Å². The molecular formula is C17H14IN5O2S2. The third-order valence-electron chi connectivity index (χ3n) is 3.47. The number of thiocarbonyl (C=S) groups is 1. The number of hydrazine groups is 1. The minimum absolute atomic E-state index is 0.0325. The number of nitrogens with two attached hydrogens (primary N) is 1. The second-order valence-corrected chi connectivity index (χ2v) is 7.99. The number of carbonyl (C=O) groups is 1.